The molecule has 1 atom stereocenters. The van der Waals surface area contributed by atoms with Crippen molar-refractivity contribution in [2.24, 2.45) is 0 Å². The molecule has 27 heavy (non-hydrogen) atoms. The number of benzene rings is 1. The van der Waals surface area contributed by atoms with Crippen molar-refractivity contribution in [2.75, 3.05) is 16.8 Å². The normalized spacial score (nSPS) is 15.4. The van der Waals surface area contributed by atoms with E-state index in [0.29, 0.717) is 10.6 Å². The van der Waals surface area contributed by atoms with Gasteiger partial charge in [0.2, 0.25) is 5.91 Å². The zero-order chi connectivity index (χ0) is 19.7. The Hall–Kier alpha value is -2.67. The molecular weight excluding hydrogens is 364 g/mol. The highest BCUT2D eigenvalue weighted by molar-refractivity contribution is 7.16. The minimum absolute atomic E-state index is 0.0219. The van der Waals surface area contributed by atoms with E-state index in [-0.39, 0.29) is 24.5 Å². The summed E-state index contributed by atoms with van der Waals surface area (Å²) in [5.41, 5.74) is 3.05. The molecule has 0 fully saturated rings. The number of anilines is 2. The average Bonchev–Trinajstić information content (AvgIpc) is 3.07. The molecule has 1 aliphatic heterocycles. The number of fused-ring (bicyclic) bond motifs is 1. The predicted octanol–water partition coefficient (Wildman–Crippen LogP) is 3.46. The maximum Gasteiger partial charge on any atom is 0.341 e. The van der Waals surface area contributed by atoms with Gasteiger partial charge in [0.05, 0.1) is 5.56 Å². The first-order valence-electron chi connectivity index (χ1n) is 8.74. The quantitative estimate of drug-likeness (QED) is 0.817. The van der Waals surface area contributed by atoms with Crippen LogP contribution >= 0.6 is 11.3 Å². The molecular formula is C20H22N2O4S. The number of hydrogen-bond acceptors (Lipinski definition) is 5. The van der Waals surface area contributed by atoms with Gasteiger partial charge in [0.25, 0.3) is 5.91 Å². The van der Waals surface area contributed by atoms with Gasteiger partial charge in [0, 0.05) is 23.5 Å². The van der Waals surface area contributed by atoms with Gasteiger partial charge < -0.3 is 15.0 Å². The van der Waals surface area contributed by atoms with E-state index in [9.17, 15) is 14.4 Å². The molecule has 1 aromatic carbocycles. The summed E-state index contributed by atoms with van der Waals surface area (Å²) in [7, 11) is 0. The first kappa shape index (κ1) is 19.1. The molecule has 1 aromatic heterocycles. The molecule has 142 valence electrons. The standard InChI is InChI=1S/C20H22N2O4S/c1-11-9-15-7-5-6-8-16(15)22(11)17(24)10-26-20(25)18-12(2)13(3)27-19(18)21-14(4)23/h5-8,11H,9-10H2,1-4H3,(H,21,23)/t11-/m0/s1. The summed E-state index contributed by atoms with van der Waals surface area (Å²) in [4.78, 5) is 39.3. The number of nitrogens with zero attached hydrogens (tertiary/aromatic N) is 1. The van der Waals surface area contributed by atoms with Crippen LogP contribution in [0.3, 0.4) is 0 Å². The number of aryl methyl sites for hydroxylation is 1. The smallest absolute Gasteiger partial charge is 0.341 e. The van der Waals surface area contributed by atoms with Gasteiger partial charge in [-0.15, -0.1) is 11.3 Å². The average molecular weight is 386 g/mol. The summed E-state index contributed by atoms with van der Waals surface area (Å²) < 4.78 is 5.31. The van der Waals surface area contributed by atoms with Crippen molar-refractivity contribution in [3.8, 4) is 0 Å². The van der Waals surface area contributed by atoms with Gasteiger partial charge >= 0.3 is 5.97 Å². The summed E-state index contributed by atoms with van der Waals surface area (Å²) in [6.07, 6.45) is 0.783. The molecule has 0 unspecified atom stereocenters. The number of hydrogen-bond donors (Lipinski definition) is 1. The largest absolute Gasteiger partial charge is 0.452 e. The Morgan fingerprint density at radius 1 is 1.26 bits per heavy atom. The van der Waals surface area contributed by atoms with Gasteiger partial charge in [-0.1, -0.05) is 18.2 Å². The maximum atomic E-state index is 12.7. The number of para-hydroxylation sites is 1. The zero-order valence-corrected chi connectivity index (χ0v) is 16.6. The molecule has 1 aliphatic rings. The molecule has 0 radical (unpaired) electrons. The molecule has 0 bridgehead atoms. The highest BCUT2D eigenvalue weighted by atomic mass is 32.1. The van der Waals surface area contributed by atoms with Crippen LogP contribution in [0.25, 0.3) is 0 Å². The highest BCUT2D eigenvalue weighted by Crippen LogP contribution is 2.34. The van der Waals surface area contributed by atoms with Crippen molar-refractivity contribution in [3.63, 3.8) is 0 Å². The van der Waals surface area contributed by atoms with Gasteiger partial charge in [0.15, 0.2) is 6.61 Å². The van der Waals surface area contributed by atoms with Gasteiger partial charge in [0.1, 0.15) is 5.00 Å². The maximum absolute atomic E-state index is 12.7. The third-order valence-corrected chi connectivity index (χ3v) is 5.80. The van der Waals surface area contributed by atoms with Crippen LogP contribution in [-0.4, -0.2) is 30.4 Å². The molecule has 0 aliphatic carbocycles. The molecule has 6 nitrogen and oxygen atoms in total. The van der Waals surface area contributed by atoms with E-state index >= 15 is 0 Å². The van der Waals surface area contributed by atoms with E-state index in [1.54, 1.807) is 11.8 Å². The zero-order valence-electron chi connectivity index (χ0n) is 15.8. The second kappa shape index (κ2) is 7.52. The van der Waals surface area contributed by atoms with Crippen LogP contribution in [0.15, 0.2) is 24.3 Å². The minimum Gasteiger partial charge on any atom is -0.452 e. The van der Waals surface area contributed by atoms with Crippen LogP contribution < -0.4 is 10.2 Å². The number of amides is 2. The number of ether oxygens (including phenoxy) is 1. The van der Waals surface area contributed by atoms with Gasteiger partial charge in [-0.05, 0) is 44.4 Å². The number of carbonyl (C=O) groups excluding carboxylic acids is 3. The minimum atomic E-state index is -0.603. The van der Waals surface area contributed by atoms with E-state index in [1.807, 2.05) is 38.1 Å². The van der Waals surface area contributed by atoms with Crippen LogP contribution in [0.5, 0.6) is 0 Å². The fourth-order valence-corrected chi connectivity index (χ4v) is 4.43. The molecule has 0 saturated heterocycles. The molecule has 3 rings (SSSR count). The third-order valence-electron chi connectivity index (χ3n) is 4.68. The van der Waals surface area contributed by atoms with Gasteiger partial charge in [-0.25, -0.2) is 4.79 Å². The van der Waals surface area contributed by atoms with Crippen molar-refractivity contribution in [1.29, 1.82) is 0 Å². The Kier molecular flexibility index (Phi) is 5.32. The number of esters is 1. The first-order valence-corrected chi connectivity index (χ1v) is 9.56. The Morgan fingerprint density at radius 2 is 1.96 bits per heavy atom. The first-order chi connectivity index (χ1) is 12.8. The summed E-state index contributed by atoms with van der Waals surface area (Å²) in [5, 5.41) is 3.12. The van der Waals surface area contributed by atoms with Crippen LogP contribution in [0.4, 0.5) is 10.7 Å². The van der Waals surface area contributed by atoms with Crippen LogP contribution in [0.2, 0.25) is 0 Å². The van der Waals surface area contributed by atoms with E-state index in [1.165, 1.54) is 18.3 Å². The van der Waals surface area contributed by atoms with E-state index in [4.69, 9.17) is 4.74 Å². The lowest BCUT2D eigenvalue weighted by molar-refractivity contribution is -0.122. The summed E-state index contributed by atoms with van der Waals surface area (Å²) in [5.74, 6) is -1.12. The lowest BCUT2D eigenvalue weighted by atomic mass is 10.1. The summed E-state index contributed by atoms with van der Waals surface area (Å²) in [6.45, 7) is 6.69. The molecule has 2 heterocycles. The van der Waals surface area contributed by atoms with Crippen LogP contribution in [0, 0.1) is 13.8 Å². The van der Waals surface area contributed by atoms with Crippen molar-refractivity contribution in [1.82, 2.24) is 0 Å². The molecule has 0 spiro atoms. The van der Waals surface area contributed by atoms with E-state index in [2.05, 4.69) is 5.32 Å². The molecule has 2 aromatic rings. The van der Waals surface area contributed by atoms with E-state index in [0.717, 1.165) is 28.1 Å². The van der Waals surface area contributed by atoms with Crippen molar-refractivity contribution < 1.29 is 19.1 Å². The monoisotopic (exact) mass is 386 g/mol. The Balaban J connectivity index is 1.73. The van der Waals surface area contributed by atoms with Gasteiger partial charge in [-0.2, -0.15) is 0 Å². The van der Waals surface area contributed by atoms with E-state index < -0.39 is 5.97 Å². The lowest BCUT2D eigenvalue weighted by Crippen LogP contribution is -2.38. The third kappa shape index (κ3) is 3.73. The molecule has 1 N–H and O–H groups in total. The Labute approximate surface area is 162 Å². The summed E-state index contributed by atoms with van der Waals surface area (Å²) >= 11 is 1.32. The van der Waals surface area contributed by atoms with Crippen LogP contribution in [0.1, 0.15) is 40.2 Å². The molecule has 0 saturated carbocycles. The van der Waals surface area contributed by atoms with Crippen molar-refractivity contribution in [3.05, 3.63) is 45.8 Å². The van der Waals surface area contributed by atoms with Crippen molar-refractivity contribution >= 4 is 39.8 Å². The number of rotatable bonds is 4. The fraction of sp³-hybridized carbons (Fsp3) is 0.350. The number of carbonyl (C=O) groups is 3. The predicted molar refractivity (Wildman–Crippen MR) is 105 cm³/mol. The van der Waals surface area contributed by atoms with Crippen molar-refractivity contribution in [2.45, 2.75) is 40.2 Å². The fourth-order valence-electron chi connectivity index (χ4n) is 3.34. The Morgan fingerprint density at radius 3 is 2.67 bits per heavy atom. The summed E-state index contributed by atoms with van der Waals surface area (Å²) in [6, 6.07) is 7.77. The number of nitrogens with one attached hydrogen (secondary N) is 1. The number of thiophene rings is 1. The second-order valence-electron chi connectivity index (χ2n) is 6.69. The molecule has 7 heteroatoms. The highest BCUT2D eigenvalue weighted by Gasteiger charge is 2.31. The molecule has 2 amide bonds. The second-order valence-corrected chi connectivity index (χ2v) is 7.92. The van der Waals surface area contributed by atoms with Crippen LogP contribution in [-0.2, 0) is 20.7 Å². The van der Waals surface area contributed by atoms with Gasteiger partial charge in [-0.3, -0.25) is 9.59 Å². The SMILES string of the molecule is CC(=O)Nc1sc(C)c(C)c1C(=O)OCC(=O)N1c2ccccc2C[C@@H]1C. The lowest BCUT2D eigenvalue weighted by Gasteiger charge is -2.22. The topological polar surface area (TPSA) is 75.7 Å². The Bertz CT molecular complexity index is 919.